The van der Waals surface area contributed by atoms with Gasteiger partial charge < -0.3 is 18.1 Å². The van der Waals surface area contributed by atoms with Gasteiger partial charge in [-0.25, -0.2) is 0 Å². The normalized spacial score (nSPS) is 13.0. The predicted molar refractivity (Wildman–Crippen MR) is 242 cm³/mol. The maximum absolute atomic E-state index is 6.59. The minimum absolute atomic E-state index is 0.888. The van der Waals surface area contributed by atoms with Crippen molar-refractivity contribution in [3.63, 3.8) is 0 Å². The van der Waals surface area contributed by atoms with Gasteiger partial charge in [-0.15, -0.1) is 0 Å². The first-order valence-corrected chi connectivity index (χ1v) is 20.2. The summed E-state index contributed by atoms with van der Waals surface area (Å²) in [5, 5.41) is 8.54. The molecule has 12 aromatic rings. The lowest BCUT2D eigenvalue weighted by molar-refractivity contribution is 0.669. The Bertz CT molecular complexity index is 3630. The smallest absolute Gasteiger partial charge is 0.137 e. The van der Waals surface area contributed by atoms with E-state index in [0.717, 1.165) is 46.0 Å². The Kier molecular flexibility index (Phi) is 6.53. The van der Waals surface area contributed by atoms with Gasteiger partial charge in [0.25, 0.3) is 0 Å². The molecule has 8 aromatic carbocycles. The van der Waals surface area contributed by atoms with Crippen LogP contribution in [0.4, 0.5) is 0 Å². The van der Waals surface area contributed by atoms with Gasteiger partial charge in [0, 0.05) is 54.9 Å². The summed E-state index contributed by atoms with van der Waals surface area (Å²) in [6.45, 7) is 0. The molecule has 0 radical (unpaired) electrons. The van der Waals surface area contributed by atoms with Crippen LogP contribution in [0.25, 0.3) is 111 Å². The van der Waals surface area contributed by atoms with Crippen LogP contribution in [0.2, 0.25) is 0 Å². The first kappa shape index (κ1) is 31.6. The molecule has 0 aliphatic heterocycles. The maximum atomic E-state index is 6.59. The summed E-state index contributed by atoms with van der Waals surface area (Å²) in [5.41, 5.74) is 16.3. The molecule has 4 heteroatoms. The number of aromatic nitrogens is 3. The van der Waals surface area contributed by atoms with Crippen molar-refractivity contribution in [1.29, 1.82) is 0 Å². The lowest BCUT2D eigenvalue weighted by Gasteiger charge is -2.14. The van der Waals surface area contributed by atoms with E-state index in [2.05, 4.69) is 202 Å². The van der Waals surface area contributed by atoms with E-state index in [1.807, 2.05) is 0 Å². The number of furan rings is 1. The van der Waals surface area contributed by atoms with E-state index in [0.29, 0.717) is 0 Å². The molecular formula is C54H35N3O. The van der Waals surface area contributed by atoms with Crippen LogP contribution in [0.5, 0.6) is 0 Å². The summed E-state index contributed by atoms with van der Waals surface area (Å²) < 4.78 is 14.0. The number of benzene rings is 8. The van der Waals surface area contributed by atoms with E-state index >= 15 is 0 Å². The second kappa shape index (κ2) is 12.0. The number of allylic oxidation sites excluding steroid dienone is 1. The van der Waals surface area contributed by atoms with Gasteiger partial charge in [-0.3, -0.25) is 0 Å². The maximum Gasteiger partial charge on any atom is 0.137 e. The Balaban J connectivity index is 1.01. The average Bonchev–Trinajstić information content (AvgIpc) is 4.02. The zero-order valence-corrected chi connectivity index (χ0v) is 31.6. The summed E-state index contributed by atoms with van der Waals surface area (Å²) in [6, 6.07) is 64.0. The van der Waals surface area contributed by atoms with Crippen molar-refractivity contribution in [2.45, 2.75) is 12.8 Å². The minimum Gasteiger partial charge on any atom is -0.456 e. The number of fused-ring (bicyclic) bond motifs is 12. The Morgan fingerprint density at radius 1 is 0.397 bits per heavy atom. The van der Waals surface area contributed by atoms with Gasteiger partial charge in [0.05, 0.1) is 38.7 Å². The summed E-state index contributed by atoms with van der Waals surface area (Å²) in [5.74, 6) is 0. The van der Waals surface area contributed by atoms with Crippen LogP contribution in [0.3, 0.4) is 0 Å². The molecule has 0 N–H and O–H groups in total. The summed E-state index contributed by atoms with van der Waals surface area (Å²) in [7, 11) is 0. The van der Waals surface area contributed by atoms with E-state index in [4.69, 9.17) is 4.42 Å². The molecule has 58 heavy (non-hydrogen) atoms. The molecule has 0 saturated carbocycles. The lowest BCUT2D eigenvalue weighted by atomic mass is 10.0. The molecule has 0 fully saturated rings. The zero-order valence-electron chi connectivity index (χ0n) is 31.6. The number of rotatable bonds is 4. The largest absolute Gasteiger partial charge is 0.456 e. The van der Waals surface area contributed by atoms with Crippen LogP contribution in [-0.4, -0.2) is 13.7 Å². The number of para-hydroxylation sites is 3. The molecule has 4 aromatic heterocycles. The third-order valence-corrected chi connectivity index (χ3v) is 12.5. The van der Waals surface area contributed by atoms with Crippen molar-refractivity contribution in [2.24, 2.45) is 0 Å². The highest BCUT2D eigenvalue weighted by Gasteiger charge is 2.23. The fourth-order valence-corrected chi connectivity index (χ4v) is 10.0. The van der Waals surface area contributed by atoms with Gasteiger partial charge in [0.15, 0.2) is 0 Å². The minimum atomic E-state index is 0.888. The molecule has 0 unspecified atom stereocenters. The molecule has 0 spiro atoms. The van der Waals surface area contributed by atoms with Crippen molar-refractivity contribution in [3.8, 4) is 28.2 Å². The summed E-state index contributed by atoms with van der Waals surface area (Å²) >= 11 is 0. The highest BCUT2D eigenvalue weighted by Crippen LogP contribution is 2.42. The molecule has 1 aliphatic carbocycles. The van der Waals surface area contributed by atoms with Gasteiger partial charge in [-0.05, 0) is 103 Å². The van der Waals surface area contributed by atoms with Crippen molar-refractivity contribution < 1.29 is 4.42 Å². The topological polar surface area (TPSA) is 27.9 Å². The second-order valence-corrected chi connectivity index (χ2v) is 15.6. The number of hydrogen-bond donors (Lipinski definition) is 0. The predicted octanol–water partition coefficient (Wildman–Crippen LogP) is 14.4. The number of nitrogens with zero attached hydrogens (tertiary/aromatic N) is 3. The third-order valence-electron chi connectivity index (χ3n) is 12.5. The van der Waals surface area contributed by atoms with Crippen molar-refractivity contribution >= 4 is 82.5 Å². The van der Waals surface area contributed by atoms with Gasteiger partial charge in [-0.2, -0.15) is 0 Å². The van der Waals surface area contributed by atoms with Crippen molar-refractivity contribution in [1.82, 2.24) is 13.7 Å². The fourth-order valence-electron chi connectivity index (χ4n) is 10.0. The SMILES string of the molecule is C1=Cc2c(n(-c3ccc4c(c3)c3ccccc3n4-c3cccc4oc5cc(-c6ccccc6)ccc5c34)c3ccc(-n4c5ccccc5c5ccccc54)cc23)CC1. The van der Waals surface area contributed by atoms with Gasteiger partial charge in [0.1, 0.15) is 11.2 Å². The van der Waals surface area contributed by atoms with E-state index < -0.39 is 0 Å². The van der Waals surface area contributed by atoms with Crippen LogP contribution in [0.15, 0.2) is 186 Å². The van der Waals surface area contributed by atoms with E-state index in [1.54, 1.807) is 0 Å². The Labute approximate surface area is 333 Å². The van der Waals surface area contributed by atoms with E-state index in [9.17, 15) is 0 Å². The highest BCUT2D eigenvalue weighted by atomic mass is 16.3. The molecule has 0 saturated heterocycles. The van der Waals surface area contributed by atoms with E-state index in [-0.39, 0.29) is 0 Å². The van der Waals surface area contributed by atoms with Crippen LogP contribution < -0.4 is 0 Å². The molecule has 0 bridgehead atoms. The Hall–Kier alpha value is -7.56. The third kappa shape index (κ3) is 4.40. The molecule has 0 amide bonds. The fraction of sp³-hybridized carbons (Fsp3) is 0.0370. The van der Waals surface area contributed by atoms with Gasteiger partial charge >= 0.3 is 0 Å². The van der Waals surface area contributed by atoms with E-state index in [1.165, 1.54) is 82.7 Å². The molecule has 4 heterocycles. The average molecular weight is 742 g/mol. The first-order valence-electron chi connectivity index (χ1n) is 20.2. The van der Waals surface area contributed by atoms with Crippen molar-refractivity contribution in [3.05, 3.63) is 193 Å². The molecular weight excluding hydrogens is 707 g/mol. The highest BCUT2D eigenvalue weighted by molar-refractivity contribution is 6.15. The molecule has 272 valence electrons. The Morgan fingerprint density at radius 2 is 1.02 bits per heavy atom. The quantitative estimate of drug-likeness (QED) is 0.176. The molecule has 13 rings (SSSR count). The zero-order chi connectivity index (χ0) is 37.9. The monoisotopic (exact) mass is 741 g/mol. The van der Waals surface area contributed by atoms with Crippen LogP contribution in [-0.2, 0) is 6.42 Å². The van der Waals surface area contributed by atoms with Crippen molar-refractivity contribution in [2.75, 3.05) is 0 Å². The van der Waals surface area contributed by atoms with Crippen LogP contribution in [0, 0.1) is 0 Å². The molecule has 0 atom stereocenters. The second-order valence-electron chi connectivity index (χ2n) is 15.6. The molecule has 1 aliphatic rings. The van der Waals surface area contributed by atoms with Gasteiger partial charge in [0.2, 0.25) is 0 Å². The summed E-state index contributed by atoms with van der Waals surface area (Å²) in [4.78, 5) is 0. The lowest BCUT2D eigenvalue weighted by Crippen LogP contribution is -2.03. The first-order chi connectivity index (χ1) is 28.8. The Morgan fingerprint density at radius 3 is 1.78 bits per heavy atom. The molecule has 4 nitrogen and oxygen atoms in total. The summed E-state index contributed by atoms with van der Waals surface area (Å²) in [6.07, 6.45) is 6.70. The number of hydrogen-bond acceptors (Lipinski definition) is 1. The van der Waals surface area contributed by atoms with Crippen LogP contribution >= 0.6 is 0 Å². The van der Waals surface area contributed by atoms with Gasteiger partial charge in [-0.1, -0.05) is 109 Å². The standard InChI is InChI=1S/C54H35N3O/c1-2-13-34(14-3-1)35-25-28-42-53(31-35)58-52-24-12-23-51(54(42)52)57-48-22-11-7-18-41(48)44-33-37(27-30-50(44)57)56-47-21-10-6-17-40(47)43-32-36(26-29-49(43)56)55-45-19-8-4-15-38(45)39-16-5-9-20-46(39)55/h1-9,11-20,22-33H,10,21H2. The van der Waals surface area contributed by atoms with Crippen LogP contribution in [0.1, 0.15) is 17.7 Å².